The van der Waals surface area contributed by atoms with Gasteiger partial charge in [-0.2, -0.15) is 0 Å². The zero-order valence-corrected chi connectivity index (χ0v) is 12.8. The van der Waals surface area contributed by atoms with E-state index < -0.39 is 0 Å². The van der Waals surface area contributed by atoms with Crippen LogP contribution in [0.25, 0.3) is 21.8 Å². The van der Waals surface area contributed by atoms with Crippen molar-refractivity contribution in [2.45, 2.75) is 6.92 Å². The monoisotopic (exact) mass is 300 g/mol. The lowest BCUT2D eigenvalue weighted by molar-refractivity contribution is 0.476. The highest BCUT2D eigenvalue weighted by Crippen LogP contribution is 2.30. The number of rotatable bonds is 2. The van der Waals surface area contributed by atoms with Crippen LogP contribution in [0.1, 0.15) is 5.56 Å². The van der Waals surface area contributed by atoms with Crippen LogP contribution in [0.2, 0.25) is 0 Å². The summed E-state index contributed by atoms with van der Waals surface area (Å²) in [6, 6.07) is 21.7. The zero-order chi connectivity index (χ0) is 15.8. The number of benzene rings is 3. The van der Waals surface area contributed by atoms with Crippen molar-refractivity contribution in [3.8, 4) is 5.75 Å². The van der Waals surface area contributed by atoms with E-state index in [1.54, 1.807) is 12.1 Å². The number of fused-ring (bicyclic) bond motifs is 3. The molecule has 0 spiro atoms. The van der Waals surface area contributed by atoms with E-state index in [4.69, 9.17) is 0 Å². The van der Waals surface area contributed by atoms with Crippen molar-refractivity contribution >= 4 is 33.8 Å². The lowest BCUT2D eigenvalue weighted by atomic mass is 10.1. The zero-order valence-electron chi connectivity index (χ0n) is 12.8. The van der Waals surface area contributed by atoms with Crippen LogP contribution in [-0.4, -0.2) is 16.0 Å². The minimum Gasteiger partial charge on any atom is -0.508 e. The molecule has 3 heteroatoms. The molecule has 0 bridgehead atoms. The van der Waals surface area contributed by atoms with Crippen molar-refractivity contribution in [2.75, 3.05) is 0 Å². The topological polar surface area (TPSA) is 37.5 Å². The number of aliphatic imine (C=N–C) groups is 1. The van der Waals surface area contributed by atoms with Gasteiger partial charge < -0.3 is 5.11 Å². The van der Waals surface area contributed by atoms with Crippen molar-refractivity contribution in [3.63, 3.8) is 0 Å². The molecule has 1 heterocycles. The number of aromatic nitrogens is 1. The predicted octanol–water partition coefficient (Wildman–Crippen LogP) is 5.02. The standard InChI is InChI=1S/C20H16N2O/c1-14-6-8-15(9-7-14)21-13-22-19-5-3-2-4-17(19)18-11-10-16(23)12-20(18)22/h2-13,23H,1H3. The maximum absolute atomic E-state index is 9.84. The molecule has 4 aromatic rings. The first-order chi connectivity index (χ1) is 11.2. The third-order valence-electron chi connectivity index (χ3n) is 4.05. The van der Waals surface area contributed by atoms with Gasteiger partial charge in [-0.1, -0.05) is 35.9 Å². The summed E-state index contributed by atoms with van der Waals surface area (Å²) in [6.45, 7) is 2.06. The number of aryl methyl sites for hydroxylation is 1. The largest absolute Gasteiger partial charge is 0.508 e. The summed E-state index contributed by atoms with van der Waals surface area (Å²) in [4.78, 5) is 4.58. The molecular formula is C20H16N2O. The quantitative estimate of drug-likeness (QED) is 0.410. The molecule has 1 N–H and O–H groups in total. The van der Waals surface area contributed by atoms with Gasteiger partial charge in [0, 0.05) is 16.8 Å². The molecule has 0 radical (unpaired) electrons. The molecule has 4 rings (SSSR count). The number of nitrogens with zero attached hydrogens (tertiary/aromatic N) is 2. The van der Waals surface area contributed by atoms with Crippen molar-refractivity contribution < 1.29 is 5.11 Å². The van der Waals surface area contributed by atoms with Gasteiger partial charge in [0.1, 0.15) is 12.1 Å². The van der Waals surface area contributed by atoms with Gasteiger partial charge in [-0.15, -0.1) is 0 Å². The van der Waals surface area contributed by atoms with Crippen LogP contribution in [0, 0.1) is 6.92 Å². The fourth-order valence-corrected chi connectivity index (χ4v) is 2.87. The first-order valence-corrected chi connectivity index (χ1v) is 7.55. The second-order valence-corrected chi connectivity index (χ2v) is 5.67. The van der Waals surface area contributed by atoms with Crippen LogP contribution in [-0.2, 0) is 0 Å². The Morgan fingerprint density at radius 3 is 2.43 bits per heavy atom. The molecule has 0 aliphatic rings. The first-order valence-electron chi connectivity index (χ1n) is 7.55. The van der Waals surface area contributed by atoms with Crippen LogP contribution < -0.4 is 0 Å². The molecule has 1 aromatic heterocycles. The molecule has 112 valence electrons. The Labute approximate surface area is 134 Å². The molecule has 3 nitrogen and oxygen atoms in total. The maximum atomic E-state index is 9.84. The van der Waals surface area contributed by atoms with Crippen molar-refractivity contribution in [1.29, 1.82) is 0 Å². The van der Waals surface area contributed by atoms with Gasteiger partial charge in [0.2, 0.25) is 0 Å². The number of hydrogen-bond donors (Lipinski definition) is 1. The highest BCUT2D eigenvalue weighted by atomic mass is 16.3. The highest BCUT2D eigenvalue weighted by molar-refractivity contribution is 6.11. The lowest BCUT2D eigenvalue weighted by Gasteiger charge is -2.01. The minimum atomic E-state index is 0.255. The van der Waals surface area contributed by atoms with Crippen molar-refractivity contribution in [1.82, 2.24) is 4.57 Å². The summed E-state index contributed by atoms with van der Waals surface area (Å²) < 4.78 is 2.02. The van der Waals surface area contributed by atoms with Crippen molar-refractivity contribution in [3.05, 3.63) is 72.3 Å². The van der Waals surface area contributed by atoms with Crippen LogP contribution in [0.4, 0.5) is 5.69 Å². The maximum Gasteiger partial charge on any atom is 0.117 e. The number of para-hydroxylation sites is 1. The Hall–Kier alpha value is -3.07. The first kappa shape index (κ1) is 13.6. The number of hydrogen-bond acceptors (Lipinski definition) is 2. The smallest absolute Gasteiger partial charge is 0.117 e. The predicted molar refractivity (Wildman–Crippen MR) is 95.8 cm³/mol. The molecule has 23 heavy (non-hydrogen) atoms. The summed E-state index contributed by atoms with van der Waals surface area (Å²) >= 11 is 0. The molecule has 0 atom stereocenters. The number of phenolic OH excluding ortho intramolecular Hbond substituents is 1. The molecule has 0 fully saturated rings. The fraction of sp³-hybridized carbons (Fsp3) is 0.0500. The molecule has 0 unspecified atom stereocenters. The molecule has 0 saturated carbocycles. The van der Waals surface area contributed by atoms with Gasteiger partial charge in [0.15, 0.2) is 0 Å². The highest BCUT2D eigenvalue weighted by Gasteiger charge is 2.09. The van der Waals surface area contributed by atoms with E-state index in [2.05, 4.69) is 24.0 Å². The Morgan fingerprint density at radius 1 is 0.870 bits per heavy atom. The summed E-state index contributed by atoms with van der Waals surface area (Å²) in [5.74, 6) is 0.255. The molecule has 0 saturated heterocycles. The third kappa shape index (κ3) is 2.36. The van der Waals surface area contributed by atoms with Gasteiger partial charge in [-0.3, -0.25) is 4.57 Å². The normalized spacial score (nSPS) is 11.7. The van der Waals surface area contributed by atoms with Gasteiger partial charge >= 0.3 is 0 Å². The Bertz CT molecular complexity index is 1030. The third-order valence-corrected chi connectivity index (χ3v) is 4.05. The number of aromatic hydroxyl groups is 1. The molecular weight excluding hydrogens is 284 g/mol. The Morgan fingerprint density at radius 2 is 1.61 bits per heavy atom. The SMILES string of the molecule is Cc1ccc(N=Cn2c3ccccc3c3ccc(O)cc32)cc1. The van der Waals surface area contributed by atoms with E-state index in [1.165, 1.54) is 5.56 Å². The molecule has 3 aromatic carbocycles. The summed E-state index contributed by atoms with van der Waals surface area (Å²) in [5, 5.41) is 12.1. The summed E-state index contributed by atoms with van der Waals surface area (Å²) in [5.41, 5.74) is 4.14. The van der Waals surface area contributed by atoms with Crippen LogP contribution in [0.3, 0.4) is 0 Å². The Balaban J connectivity index is 1.93. The van der Waals surface area contributed by atoms with Crippen LogP contribution in [0.5, 0.6) is 5.75 Å². The van der Waals surface area contributed by atoms with E-state index in [0.717, 1.165) is 27.5 Å². The minimum absolute atomic E-state index is 0.255. The van der Waals surface area contributed by atoms with Crippen LogP contribution >= 0.6 is 0 Å². The van der Waals surface area contributed by atoms with Gasteiger partial charge in [-0.05, 0) is 37.3 Å². The lowest BCUT2D eigenvalue weighted by Crippen LogP contribution is -1.94. The van der Waals surface area contributed by atoms with E-state index in [9.17, 15) is 5.11 Å². The average molecular weight is 300 g/mol. The molecule has 0 amide bonds. The second-order valence-electron chi connectivity index (χ2n) is 5.67. The summed E-state index contributed by atoms with van der Waals surface area (Å²) in [6.07, 6.45) is 1.81. The van der Waals surface area contributed by atoms with E-state index >= 15 is 0 Å². The molecule has 0 aliphatic heterocycles. The fourth-order valence-electron chi connectivity index (χ4n) is 2.87. The van der Waals surface area contributed by atoms with E-state index in [0.29, 0.717) is 0 Å². The van der Waals surface area contributed by atoms with Gasteiger partial charge in [0.25, 0.3) is 0 Å². The van der Waals surface area contributed by atoms with Crippen LogP contribution in [0.15, 0.2) is 71.7 Å². The van der Waals surface area contributed by atoms with E-state index in [-0.39, 0.29) is 5.75 Å². The van der Waals surface area contributed by atoms with Gasteiger partial charge in [-0.25, -0.2) is 4.99 Å². The van der Waals surface area contributed by atoms with Crippen molar-refractivity contribution in [2.24, 2.45) is 4.99 Å². The Kier molecular flexibility index (Phi) is 3.12. The molecule has 0 aliphatic carbocycles. The second kappa shape index (κ2) is 5.29. The van der Waals surface area contributed by atoms with Gasteiger partial charge in [0.05, 0.1) is 16.7 Å². The average Bonchev–Trinajstić information content (AvgIpc) is 2.87. The summed E-state index contributed by atoms with van der Waals surface area (Å²) in [7, 11) is 0. The number of phenols is 1. The van der Waals surface area contributed by atoms with E-state index in [1.807, 2.05) is 53.4 Å².